The van der Waals surface area contributed by atoms with Crippen LogP contribution in [0.3, 0.4) is 0 Å². The summed E-state index contributed by atoms with van der Waals surface area (Å²) >= 11 is 0. The molecule has 0 amide bonds. The number of aromatic hydroxyl groups is 1. The van der Waals surface area contributed by atoms with Gasteiger partial charge in [-0.05, 0) is 23.0 Å². The summed E-state index contributed by atoms with van der Waals surface area (Å²) in [5.74, 6) is 0.642. The van der Waals surface area contributed by atoms with E-state index in [1.807, 2.05) is 41.5 Å². The Kier molecular flexibility index (Phi) is 3.44. The van der Waals surface area contributed by atoms with Crippen LogP contribution in [0.5, 0.6) is 11.5 Å². The summed E-state index contributed by atoms with van der Waals surface area (Å²) in [6, 6.07) is 3.28. The SMILES string of the molecule is CC(C)(C)c1cc(O)cc(C(C)(C)C)c1OO. The Bertz CT molecular complexity index is 373. The van der Waals surface area contributed by atoms with Crippen LogP contribution >= 0.6 is 0 Å². The Morgan fingerprint density at radius 2 is 1.24 bits per heavy atom. The number of rotatable bonds is 1. The maximum Gasteiger partial charge on any atom is 0.172 e. The van der Waals surface area contributed by atoms with Gasteiger partial charge < -0.3 is 9.99 Å². The minimum Gasteiger partial charge on any atom is -0.508 e. The van der Waals surface area contributed by atoms with Crippen molar-refractivity contribution in [3.63, 3.8) is 0 Å². The van der Waals surface area contributed by atoms with Crippen molar-refractivity contribution in [3.05, 3.63) is 23.3 Å². The predicted octanol–water partition coefficient (Wildman–Crippen LogP) is 3.84. The van der Waals surface area contributed by atoms with Crippen molar-refractivity contribution in [3.8, 4) is 11.5 Å². The van der Waals surface area contributed by atoms with E-state index in [0.29, 0.717) is 5.75 Å². The molecule has 0 spiro atoms. The van der Waals surface area contributed by atoms with Gasteiger partial charge in [-0.15, -0.1) is 0 Å². The molecule has 0 aliphatic rings. The average Bonchev–Trinajstić information content (AvgIpc) is 2.13. The third-order valence-electron chi connectivity index (χ3n) is 2.78. The van der Waals surface area contributed by atoms with Gasteiger partial charge in [0.1, 0.15) is 5.75 Å². The molecule has 1 rings (SSSR count). The zero-order valence-corrected chi connectivity index (χ0v) is 11.5. The standard InChI is InChI=1S/C14H22O3/c1-13(2,3)10-7-9(15)8-11(12(10)17-16)14(4,5)6/h7-8,15-16H,1-6H3. The molecule has 2 N–H and O–H groups in total. The van der Waals surface area contributed by atoms with Crippen molar-refractivity contribution in [2.75, 3.05) is 0 Å². The number of benzene rings is 1. The van der Waals surface area contributed by atoms with E-state index in [1.165, 1.54) is 0 Å². The molecule has 0 fully saturated rings. The monoisotopic (exact) mass is 238 g/mol. The fraction of sp³-hybridized carbons (Fsp3) is 0.571. The number of hydrogen-bond acceptors (Lipinski definition) is 3. The predicted molar refractivity (Wildman–Crippen MR) is 68.8 cm³/mol. The molecule has 3 nitrogen and oxygen atoms in total. The molecule has 0 aliphatic heterocycles. The molecule has 96 valence electrons. The molecule has 0 atom stereocenters. The van der Waals surface area contributed by atoms with E-state index in [-0.39, 0.29) is 16.6 Å². The number of phenolic OH excluding ortho intramolecular Hbond substituents is 1. The number of phenols is 1. The van der Waals surface area contributed by atoms with Crippen LogP contribution in [0.1, 0.15) is 52.7 Å². The van der Waals surface area contributed by atoms with Crippen molar-refractivity contribution in [2.24, 2.45) is 0 Å². The van der Waals surface area contributed by atoms with Gasteiger partial charge >= 0.3 is 0 Å². The molecule has 0 saturated carbocycles. The van der Waals surface area contributed by atoms with Crippen molar-refractivity contribution in [1.82, 2.24) is 0 Å². The van der Waals surface area contributed by atoms with Crippen LogP contribution in [-0.2, 0) is 10.8 Å². The van der Waals surface area contributed by atoms with Gasteiger partial charge in [-0.3, -0.25) is 0 Å². The molecule has 1 aromatic rings. The second-order valence-electron chi connectivity index (χ2n) is 6.46. The summed E-state index contributed by atoms with van der Waals surface area (Å²) in [6.07, 6.45) is 0. The van der Waals surface area contributed by atoms with Crippen LogP contribution in [-0.4, -0.2) is 10.4 Å². The van der Waals surface area contributed by atoms with E-state index in [1.54, 1.807) is 12.1 Å². The lowest BCUT2D eigenvalue weighted by Gasteiger charge is -2.27. The molecule has 0 unspecified atom stereocenters. The fourth-order valence-electron chi connectivity index (χ4n) is 1.83. The first-order chi connectivity index (χ1) is 7.57. The zero-order chi connectivity index (χ0) is 13.4. The molecule has 0 heterocycles. The highest BCUT2D eigenvalue weighted by molar-refractivity contribution is 5.52. The maximum atomic E-state index is 9.80. The normalized spacial score (nSPS) is 12.6. The molecule has 3 heteroatoms. The van der Waals surface area contributed by atoms with Gasteiger partial charge in [-0.1, -0.05) is 41.5 Å². The Morgan fingerprint density at radius 1 is 0.882 bits per heavy atom. The van der Waals surface area contributed by atoms with Crippen LogP contribution in [0.25, 0.3) is 0 Å². The Hall–Kier alpha value is -1.22. The maximum absolute atomic E-state index is 9.80. The van der Waals surface area contributed by atoms with Crippen molar-refractivity contribution < 1.29 is 15.3 Å². The van der Waals surface area contributed by atoms with Crippen molar-refractivity contribution in [1.29, 1.82) is 0 Å². The van der Waals surface area contributed by atoms with Crippen LogP contribution in [0.4, 0.5) is 0 Å². The first-order valence-corrected chi connectivity index (χ1v) is 5.77. The lowest BCUT2D eigenvalue weighted by molar-refractivity contribution is -0.140. The van der Waals surface area contributed by atoms with Gasteiger partial charge in [0.25, 0.3) is 0 Å². The van der Waals surface area contributed by atoms with Gasteiger partial charge in [-0.2, -0.15) is 0 Å². The summed E-state index contributed by atoms with van der Waals surface area (Å²) in [4.78, 5) is 4.57. The van der Waals surface area contributed by atoms with E-state index in [0.717, 1.165) is 11.1 Å². The van der Waals surface area contributed by atoms with E-state index in [2.05, 4.69) is 4.89 Å². The highest BCUT2D eigenvalue weighted by atomic mass is 17.1. The van der Waals surface area contributed by atoms with Crippen LogP contribution in [0.15, 0.2) is 12.1 Å². The first-order valence-electron chi connectivity index (χ1n) is 5.77. The van der Waals surface area contributed by atoms with Crippen molar-refractivity contribution in [2.45, 2.75) is 52.4 Å². The van der Waals surface area contributed by atoms with Gasteiger partial charge in [0.2, 0.25) is 0 Å². The zero-order valence-electron chi connectivity index (χ0n) is 11.5. The van der Waals surface area contributed by atoms with Crippen LogP contribution in [0.2, 0.25) is 0 Å². The Labute approximate surface area is 103 Å². The summed E-state index contributed by atoms with van der Waals surface area (Å²) in [6.45, 7) is 12.1. The second-order valence-corrected chi connectivity index (χ2v) is 6.46. The summed E-state index contributed by atoms with van der Waals surface area (Å²) in [7, 11) is 0. The summed E-state index contributed by atoms with van der Waals surface area (Å²) < 4.78 is 0. The molecular formula is C14H22O3. The van der Waals surface area contributed by atoms with Crippen molar-refractivity contribution >= 4 is 0 Å². The van der Waals surface area contributed by atoms with Crippen LogP contribution in [0, 0.1) is 0 Å². The van der Waals surface area contributed by atoms with Gasteiger partial charge in [0.05, 0.1) is 0 Å². The number of hydrogen-bond donors (Lipinski definition) is 2. The fourth-order valence-corrected chi connectivity index (χ4v) is 1.83. The lowest BCUT2D eigenvalue weighted by atomic mass is 9.79. The summed E-state index contributed by atoms with van der Waals surface area (Å²) in [5.41, 5.74) is 1.17. The molecule has 1 aromatic carbocycles. The highest BCUT2D eigenvalue weighted by Gasteiger charge is 2.28. The third-order valence-corrected chi connectivity index (χ3v) is 2.78. The molecular weight excluding hydrogens is 216 g/mol. The molecule has 0 aromatic heterocycles. The summed E-state index contributed by atoms with van der Waals surface area (Å²) in [5, 5.41) is 18.9. The molecule has 0 aliphatic carbocycles. The van der Waals surface area contributed by atoms with E-state index in [9.17, 15) is 5.11 Å². The molecule has 0 bridgehead atoms. The average molecular weight is 238 g/mol. The van der Waals surface area contributed by atoms with Gasteiger partial charge in [-0.25, -0.2) is 5.26 Å². The minimum atomic E-state index is -0.212. The molecule has 17 heavy (non-hydrogen) atoms. The van der Waals surface area contributed by atoms with E-state index < -0.39 is 0 Å². The highest BCUT2D eigenvalue weighted by Crippen LogP contribution is 2.41. The smallest absolute Gasteiger partial charge is 0.172 e. The van der Waals surface area contributed by atoms with E-state index in [4.69, 9.17) is 5.26 Å². The molecule has 0 saturated heterocycles. The largest absolute Gasteiger partial charge is 0.508 e. The lowest BCUT2D eigenvalue weighted by Crippen LogP contribution is -2.18. The first kappa shape index (κ1) is 13.8. The topological polar surface area (TPSA) is 49.7 Å². The quantitative estimate of drug-likeness (QED) is 0.577. The molecule has 0 radical (unpaired) electrons. The van der Waals surface area contributed by atoms with Gasteiger partial charge in [0.15, 0.2) is 5.75 Å². The minimum absolute atomic E-state index is 0.195. The Morgan fingerprint density at radius 3 is 1.47 bits per heavy atom. The van der Waals surface area contributed by atoms with Crippen LogP contribution < -0.4 is 4.89 Å². The van der Waals surface area contributed by atoms with E-state index >= 15 is 0 Å². The van der Waals surface area contributed by atoms with Gasteiger partial charge in [0, 0.05) is 11.1 Å². The third kappa shape index (κ3) is 2.91. The second kappa shape index (κ2) is 4.22. The Balaban J connectivity index is 3.58.